The molecule has 6 nitrogen and oxygen atoms in total. The minimum atomic E-state index is -0.0270. The molecule has 4 aromatic rings. The van der Waals surface area contributed by atoms with Crippen molar-refractivity contribution in [3.8, 4) is 5.75 Å². The lowest BCUT2D eigenvalue weighted by molar-refractivity contribution is 0.0751. The van der Waals surface area contributed by atoms with Gasteiger partial charge in [-0.3, -0.25) is 9.59 Å². The van der Waals surface area contributed by atoms with E-state index in [0.717, 1.165) is 40.1 Å². The largest absolute Gasteiger partial charge is 0.497 e. The second kappa shape index (κ2) is 8.31. The lowest BCUT2D eigenvalue weighted by atomic mass is 10.1. The topological polar surface area (TPSA) is 54.8 Å². The number of fused-ring (bicyclic) bond motifs is 3. The molecule has 0 unspecified atom stereocenters. The van der Waals surface area contributed by atoms with E-state index in [2.05, 4.69) is 4.90 Å². The summed E-state index contributed by atoms with van der Waals surface area (Å²) >= 11 is 1.43. The van der Waals surface area contributed by atoms with E-state index in [1.807, 2.05) is 60.4 Å². The number of anilines is 1. The highest BCUT2D eigenvalue weighted by molar-refractivity contribution is 7.21. The number of hydrogen-bond acceptors (Lipinski definition) is 5. The van der Waals surface area contributed by atoms with Crippen LogP contribution in [0.15, 0.2) is 59.4 Å². The van der Waals surface area contributed by atoms with Crippen molar-refractivity contribution in [1.29, 1.82) is 0 Å². The number of ether oxygens (including phenoxy) is 1. The Morgan fingerprint density at radius 3 is 2.41 bits per heavy atom. The maximum absolute atomic E-state index is 13.3. The van der Waals surface area contributed by atoms with Gasteiger partial charge < -0.3 is 19.1 Å². The van der Waals surface area contributed by atoms with E-state index in [1.165, 1.54) is 11.3 Å². The van der Waals surface area contributed by atoms with Crippen LogP contribution in [-0.4, -0.2) is 48.7 Å². The van der Waals surface area contributed by atoms with Gasteiger partial charge in [-0.2, -0.15) is 0 Å². The number of thiophene rings is 1. The summed E-state index contributed by atoms with van der Waals surface area (Å²) < 4.78 is 7.92. The fourth-order valence-corrected chi connectivity index (χ4v) is 5.59. The summed E-state index contributed by atoms with van der Waals surface area (Å²) in [6.07, 6.45) is 0. The molecule has 2 aromatic carbocycles. The molecular formula is C25H25N3O3S. The molecular weight excluding hydrogens is 422 g/mol. The standard InChI is InChI=1S/C25H25N3O3S/c1-3-28-21-7-5-4-6-19(21)23-20(24(28)29)16-22(32-23)25(30)27-14-12-26(13-15-27)17-8-10-18(31-2)11-9-17/h4-11,16H,3,12-15H2,1-2H3. The normalized spacial score (nSPS) is 14.3. The number of amides is 1. The van der Waals surface area contributed by atoms with Crippen molar-refractivity contribution < 1.29 is 9.53 Å². The van der Waals surface area contributed by atoms with Gasteiger partial charge in [-0.05, 0) is 43.3 Å². The van der Waals surface area contributed by atoms with Crippen molar-refractivity contribution in [2.75, 3.05) is 38.2 Å². The van der Waals surface area contributed by atoms with E-state index in [9.17, 15) is 9.59 Å². The van der Waals surface area contributed by atoms with Crippen molar-refractivity contribution in [1.82, 2.24) is 9.47 Å². The predicted octanol–water partition coefficient (Wildman–Crippen LogP) is 4.21. The van der Waals surface area contributed by atoms with E-state index >= 15 is 0 Å². The Labute approximate surface area is 190 Å². The molecule has 0 radical (unpaired) electrons. The molecule has 7 heteroatoms. The summed E-state index contributed by atoms with van der Waals surface area (Å²) in [5.41, 5.74) is 2.02. The zero-order valence-corrected chi connectivity index (χ0v) is 19.0. The molecule has 0 aliphatic carbocycles. The second-order valence-electron chi connectivity index (χ2n) is 7.90. The van der Waals surface area contributed by atoms with E-state index in [-0.39, 0.29) is 11.5 Å². The van der Waals surface area contributed by atoms with Gasteiger partial charge in [0.25, 0.3) is 11.5 Å². The highest BCUT2D eigenvalue weighted by Gasteiger charge is 2.25. The minimum Gasteiger partial charge on any atom is -0.497 e. The molecule has 32 heavy (non-hydrogen) atoms. The molecule has 2 aromatic heterocycles. The van der Waals surface area contributed by atoms with Crippen molar-refractivity contribution >= 4 is 43.9 Å². The number of carbonyl (C=O) groups excluding carboxylic acids is 1. The first-order chi connectivity index (χ1) is 15.6. The average Bonchev–Trinajstić information content (AvgIpc) is 3.30. The molecule has 5 rings (SSSR count). The smallest absolute Gasteiger partial charge is 0.264 e. The Balaban J connectivity index is 1.40. The minimum absolute atomic E-state index is 0.00658. The Kier molecular flexibility index (Phi) is 5.35. The van der Waals surface area contributed by atoms with Gasteiger partial charge in [0.1, 0.15) is 5.75 Å². The first kappa shape index (κ1) is 20.6. The van der Waals surface area contributed by atoms with Crippen molar-refractivity contribution in [2.24, 2.45) is 0 Å². The van der Waals surface area contributed by atoms with Crippen LogP contribution in [0.1, 0.15) is 16.6 Å². The molecule has 0 saturated carbocycles. The van der Waals surface area contributed by atoms with Crippen LogP contribution in [0.2, 0.25) is 0 Å². The number of carbonyl (C=O) groups is 1. The first-order valence-corrected chi connectivity index (χ1v) is 11.7. The Morgan fingerprint density at radius 1 is 1.00 bits per heavy atom. The van der Waals surface area contributed by atoms with E-state index in [0.29, 0.717) is 29.9 Å². The number of methoxy groups -OCH3 is 1. The summed E-state index contributed by atoms with van der Waals surface area (Å²) in [6, 6.07) is 17.7. The number of benzene rings is 2. The quantitative estimate of drug-likeness (QED) is 0.470. The Morgan fingerprint density at radius 2 is 1.72 bits per heavy atom. The molecule has 1 saturated heterocycles. The lowest BCUT2D eigenvalue weighted by Crippen LogP contribution is -2.48. The van der Waals surface area contributed by atoms with E-state index in [1.54, 1.807) is 17.7 Å². The van der Waals surface area contributed by atoms with Crippen LogP contribution in [-0.2, 0) is 6.54 Å². The van der Waals surface area contributed by atoms with Crippen LogP contribution in [0.5, 0.6) is 5.75 Å². The zero-order valence-electron chi connectivity index (χ0n) is 18.2. The van der Waals surface area contributed by atoms with Crippen LogP contribution in [0, 0.1) is 0 Å². The molecule has 0 spiro atoms. The van der Waals surface area contributed by atoms with E-state index < -0.39 is 0 Å². The predicted molar refractivity (Wildman–Crippen MR) is 130 cm³/mol. The van der Waals surface area contributed by atoms with Gasteiger partial charge in [-0.1, -0.05) is 18.2 Å². The Hall–Kier alpha value is -3.32. The maximum atomic E-state index is 13.3. The number of rotatable bonds is 4. The SMILES string of the molecule is CCn1c(=O)c2cc(C(=O)N3CCN(c4ccc(OC)cc4)CC3)sc2c2ccccc21. The molecule has 0 bridgehead atoms. The van der Waals surface area contributed by atoms with Gasteiger partial charge in [-0.25, -0.2) is 0 Å². The molecule has 164 valence electrons. The summed E-state index contributed by atoms with van der Waals surface area (Å²) in [5, 5.41) is 1.66. The fraction of sp³-hybridized carbons (Fsp3) is 0.280. The highest BCUT2D eigenvalue weighted by atomic mass is 32.1. The van der Waals surface area contributed by atoms with Crippen molar-refractivity contribution in [2.45, 2.75) is 13.5 Å². The van der Waals surface area contributed by atoms with Gasteiger partial charge >= 0.3 is 0 Å². The van der Waals surface area contributed by atoms with Crippen LogP contribution in [0.4, 0.5) is 5.69 Å². The number of pyridine rings is 1. The number of aryl methyl sites for hydroxylation is 1. The molecule has 0 N–H and O–H groups in total. The molecule has 3 heterocycles. The monoisotopic (exact) mass is 447 g/mol. The second-order valence-corrected chi connectivity index (χ2v) is 8.95. The van der Waals surface area contributed by atoms with Crippen LogP contribution < -0.4 is 15.2 Å². The first-order valence-electron chi connectivity index (χ1n) is 10.8. The Bertz CT molecular complexity index is 1350. The van der Waals surface area contributed by atoms with Gasteiger partial charge in [0, 0.05) is 48.5 Å². The summed E-state index contributed by atoms with van der Waals surface area (Å²) in [6.45, 7) is 5.42. The molecule has 0 atom stereocenters. The lowest BCUT2D eigenvalue weighted by Gasteiger charge is -2.36. The number of piperazine rings is 1. The average molecular weight is 448 g/mol. The van der Waals surface area contributed by atoms with Crippen LogP contribution in [0.25, 0.3) is 21.0 Å². The van der Waals surface area contributed by atoms with Crippen molar-refractivity contribution in [3.05, 3.63) is 69.8 Å². The highest BCUT2D eigenvalue weighted by Crippen LogP contribution is 2.31. The molecule has 1 aliphatic rings. The van der Waals surface area contributed by atoms with Crippen LogP contribution >= 0.6 is 11.3 Å². The third-order valence-electron chi connectivity index (χ3n) is 6.18. The number of nitrogens with zero attached hydrogens (tertiary/aromatic N) is 3. The number of aromatic nitrogens is 1. The maximum Gasteiger partial charge on any atom is 0.264 e. The van der Waals surface area contributed by atoms with Crippen molar-refractivity contribution in [3.63, 3.8) is 0 Å². The summed E-state index contributed by atoms with van der Waals surface area (Å²) in [4.78, 5) is 31.2. The number of para-hydroxylation sites is 1. The third kappa shape index (κ3) is 3.42. The summed E-state index contributed by atoms with van der Waals surface area (Å²) in [5.74, 6) is 0.842. The molecule has 1 fully saturated rings. The van der Waals surface area contributed by atoms with Gasteiger partial charge in [0.05, 0.1) is 22.9 Å². The van der Waals surface area contributed by atoms with E-state index in [4.69, 9.17) is 4.74 Å². The fourth-order valence-electron chi connectivity index (χ4n) is 4.44. The molecule has 1 aliphatic heterocycles. The van der Waals surface area contributed by atoms with Gasteiger partial charge in [-0.15, -0.1) is 11.3 Å². The van der Waals surface area contributed by atoms with Crippen LogP contribution in [0.3, 0.4) is 0 Å². The van der Waals surface area contributed by atoms with Gasteiger partial charge in [0.15, 0.2) is 0 Å². The third-order valence-corrected chi connectivity index (χ3v) is 7.33. The van der Waals surface area contributed by atoms with Gasteiger partial charge in [0.2, 0.25) is 0 Å². The molecule has 1 amide bonds. The zero-order chi connectivity index (χ0) is 22.2. The summed E-state index contributed by atoms with van der Waals surface area (Å²) in [7, 11) is 1.66. The number of hydrogen-bond donors (Lipinski definition) is 0.